The van der Waals surface area contributed by atoms with E-state index in [-0.39, 0.29) is 12.0 Å². The highest BCUT2D eigenvalue weighted by atomic mass is 16.3. The first-order valence-corrected chi connectivity index (χ1v) is 7.59. The van der Waals surface area contributed by atoms with E-state index in [1.165, 1.54) is 22.1 Å². The summed E-state index contributed by atoms with van der Waals surface area (Å²) in [6, 6.07) is 16.9. The van der Waals surface area contributed by atoms with Gasteiger partial charge >= 0.3 is 0 Å². The molecule has 1 aliphatic carbocycles. The summed E-state index contributed by atoms with van der Waals surface area (Å²) in [5.41, 5.74) is 6.23. The van der Waals surface area contributed by atoms with Gasteiger partial charge in [-0.1, -0.05) is 42.5 Å². The number of para-hydroxylation sites is 1. The van der Waals surface area contributed by atoms with Crippen molar-refractivity contribution in [1.29, 1.82) is 0 Å². The maximum Gasteiger partial charge on any atom is 0.0653 e. The average Bonchev–Trinajstić information content (AvgIpc) is 2.83. The summed E-state index contributed by atoms with van der Waals surface area (Å²) >= 11 is 0. The van der Waals surface area contributed by atoms with E-state index in [1.807, 2.05) is 6.07 Å². The smallest absolute Gasteiger partial charge is 0.0653 e. The van der Waals surface area contributed by atoms with Gasteiger partial charge in [0.1, 0.15) is 0 Å². The lowest BCUT2D eigenvalue weighted by Crippen LogP contribution is -2.26. The van der Waals surface area contributed by atoms with Gasteiger partial charge in [0.15, 0.2) is 0 Å². The van der Waals surface area contributed by atoms with Crippen LogP contribution in [0.15, 0.2) is 48.5 Å². The number of rotatable bonds is 1. The fourth-order valence-electron chi connectivity index (χ4n) is 3.79. The standard InChI is InChI=1S/C19H19NO/c1-12-18(15-8-4-5-9-16(15)20-12)19-14-7-3-2-6-13(14)10-11-17(19)21/h2-9,17,19-21H,10-11H2,1H3/t17-,19-/m0/s1. The molecule has 21 heavy (non-hydrogen) atoms. The Morgan fingerprint density at radius 1 is 1.05 bits per heavy atom. The molecule has 0 saturated carbocycles. The van der Waals surface area contributed by atoms with E-state index < -0.39 is 0 Å². The minimum absolute atomic E-state index is 0.0751. The molecule has 1 aromatic heterocycles. The number of aromatic amines is 1. The van der Waals surface area contributed by atoms with Gasteiger partial charge in [0.25, 0.3) is 0 Å². The van der Waals surface area contributed by atoms with Gasteiger partial charge in [-0.2, -0.15) is 0 Å². The second-order valence-electron chi connectivity index (χ2n) is 5.99. The zero-order valence-electron chi connectivity index (χ0n) is 12.1. The Labute approximate surface area is 124 Å². The van der Waals surface area contributed by atoms with E-state index in [4.69, 9.17) is 0 Å². The first-order valence-electron chi connectivity index (χ1n) is 7.59. The van der Waals surface area contributed by atoms with E-state index in [2.05, 4.69) is 54.4 Å². The number of aryl methyl sites for hydroxylation is 2. The summed E-state index contributed by atoms with van der Waals surface area (Å²) in [7, 11) is 0. The average molecular weight is 277 g/mol. The monoisotopic (exact) mass is 277 g/mol. The zero-order chi connectivity index (χ0) is 14.4. The van der Waals surface area contributed by atoms with Crippen LogP contribution in [-0.2, 0) is 6.42 Å². The highest BCUT2D eigenvalue weighted by Crippen LogP contribution is 2.41. The first kappa shape index (κ1) is 12.7. The van der Waals surface area contributed by atoms with Crippen LogP contribution in [0.3, 0.4) is 0 Å². The van der Waals surface area contributed by atoms with Crippen LogP contribution in [0, 0.1) is 6.92 Å². The molecule has 2 atom stereocenters. The van der Waals surface area contributed by atoms with Gasteiger partial charge in [0.05, 0.1) is 6.10 Å². The molecule has 0 unspecified atom stereocenters. The third kappa shape index (κ3) is 1.90. The van der Waals surface area contributed by atoms with Crippen LogP contribution in [0.2, 0.25) is 0 Å². The van der Waals surface area contributed by atoms with E-state index in [9.17, 15) is 5.11 Å². The summed E-state index contributed by atoms with van der Waals surface area (Å²) in [5, 5.41) is 11.9. The van der Waals surface area contributed by atoms with Crippen molar-refractivity contribution in [2.24, 2.45) is 0 Å². The van der Waals surface area contributed by atoms with E-state index in [1.54, 1.807) is 0 Å². The first-order chi connectivity index (χ1) is 10.3. The zero-order valence-corrected chi connectivity index (χ0v) is 12.1. The molecule has 0 saturated heterocycles. The third-order valence-corrected chi connectivity index (χ3v) is 4.74. The Bertz CT molecular complexity index is 802. The van der Waals surface area contributed by atoms with Gasteiger partial charge in [-0.3, -0.25) is 0 Å². The van der Waals surface area contributed by atoms with Gasteiger partial charge in [-0.25, -0.2) is 0 Å². The number of H-pyrrole nitrogens is 1. The van der Waals surface area contributed by atoms with Crippen LogP contribution in [0.5, 0.6) is 0 Å². The molecule has 0 aliphatic heterocycles. The molecule has 1 heterocycles. The quantitative estimate of drug-likeness (QED) is 0.695. The van der Waals surface area contributed by atoms with Gasteiger partial charge < -0.3 is 10.1 Å². The number of aromatic nitrogens is 1. The minimum Gasteiger partial charge on any atom is -0.392 e. The molecule has 2 nitrogen and oxygen atoms in total. The number of hydrogen-bond donors (Lipinski definition) is 2. The molecular weight excluding hydrogens is 258 g/mol. The van der Waals surface area contributed by atoms with Crippen molar-refractivity contribution >= 4 is 10.9 Å². The Kier molecular flexibility index (Phi) is 2.86. The van der Waals surface area contributed by atoms with Gasteiger partial charge in [-0.05, 0) is 42.5 Å². The third-order valence-electron chi connectivity index (χ3n) is 4.74. The van der Waals surface area contributed by atoms with Crippen LogP contribution >= 0.6 is 0 Å². The Hall–Kier alpha value is -2.06. The molecule has 0 fully saturated rings. The van der Waals surface area contributed by atoms with Crippen LogP contribution in [0.4, 0.5) is 0 Å². The normalized spacial score (nSPS) is 21.4. The lowest BCUT2D eigenvalue weighted by atomic mass is 9.76. The number of fused-ring (bicyclic) bond motifs is 2. The van der Waals surface area contributed by atoms with E-state index in [0.717, 1.165) is 24.1 Å². The predicted octanol–water partition coefficient (Wildman–Crippen LogP) is 3.92. The lowest BCUT2D eigenvalue weighted by Gasteiger charge is -2.31. The van der Waals surface area contributed by atoms with E-state index in [0.29, 0.717) is 0 Å². The van der Waals surface area contributed by atoms with Gasteiger partial charge in [0.2, 0.25) is 0 Å². The molecule has 106 valence electrons. The van der Waals surface area contributed by atoms with Gasteiger partial charge in [-0.15, -0.1) is 0 Å². The van der Waals surface area contributed by atoms with Crippen LogP contribution in [0.25, 0.3) is 10.9 Å². The summed E-state index contributed by atoms with van der Waals surface area (Å²) in [5.74, 6) is 0.0751. The van der Waals surface area contributed by atoms with Crippen molar-refractivity contribution in [3.63, 3.8) is 0 Å². The highest BCUT2D eigenvalue weighted by molar-refractivity contribution is 5.86. The van der Waals surface area contributed by atoms with E-state index >= 15 is 0 Å². The number of nitrogens with one attached hydrogen (secondary N) is 1. The topological polar surface area (TPSA) is 36.0 Å². The molecular formula is C19H19NO. The van der Waals surface area contributed by atoms with Crippen molar-refractivity contribution in [3.05, 3.63) is 70.9 Å². The predicted molar refractivity (Wildman–Crippen MR) is 85.6 cm³/mol. The SMILES string of the molecule is Cc1[nH]c2ccccc2c1[C@H]1c2ccccc2CC[C@@H]1O. The summed E-state index contributed by atoms with van der Waals surface area (Å²) in [6.07, 6.45) is 1.49. The molecule has 2 aromatic carbocycles. The van der Waals surface area contributed by atoms with Crippen molar-refractivity contribution in [2.75, 3.05) is 0 Å². The largest absolute Gasteiger partial charge is 0.392 e. The summed E-state index contributed by atoms with van der Waals surface area (Å²) < 4.78 is 0. The van der Waals surface area contributed by atoms with Crippen LogP contribution in [-0.4, -0.2) is 16.2 Å². The number of aliphatic hydroxyl groups excluding tert-OH is 1. The summed E-state index contributed by atoms with van der Waals surface area (Å²) in [4.78, 5) is 3.46. The molecule has 0 bridgehead atoms. The summed E-state index contributed by atoms with van der Waals surface area (Å²) in [6.45, 7) is 2.11. The van der Waals surface area contributed by atoms with Crippen molar-refractivity contribution < 1.29 is 5.11 Å². The van der Waals surface area contributed by atoms with Crippen molar-refractivity contribution in [2.45, 2.75) is 31.8 Å². The number of benzene rings is 2. The fourth-order valence-corrected chi connectivity index (χ4v) is 3.79. The molecule has 0 spiro atoms. The number of aliphatic hydroxyl groups is 1. The maximum atomic E-state index is 10.7. The Balaban J connectivity index is 1.98. The highest BCUT2D eigenvalue weighted by Gasteiger charge is 2.32. The Morgan fingerprint density at radius 3 is 2.71 bits per heavy atom. The molecule has 0 radical (unpaired) electrons. The molecule has 0 amide bonds. The molecule has 2 N–H and O–H groups in total. The molecule has 1 aliphatic rings. The molecule has 4 rings (SSSR count). The fraction of sp³-hybridized carbons (Fsp3) is 0.263. The van der Waals surface area contributed by atoms with Gasteiger partial charge in [0, 0.05) is 22.5 Å². The van der Waals surface area contributed by atoms with Crippen LogP contribution < -0.4 is 0 Å². The van der Waals surface area contributed by atoms with Crippen molar-refractivity contribution in [1.82, 2.24) is 4.98 Å². The maximum absolute atomic E-state index is 10.7. The minimum atomic E-state index is -0.308. The molecule has 2 heteroatoms. The lowest BCUT2D eigenvalue weighted by molar-refractivity contribution is 0.140. The second kappa shape index (κ2) is 4.74. The second-order valence-corrected chi connectivity index (χ2v) is 5.99. The van der Waals surface area contributed by atoms with Crippen LogP contribution in [0.1, 0.15) is 34.7 Å². The van der Waals surface area contributed by atoms with Crippen molar-refractivity contribution in [3.8, 4) is 0 Å². The number of hydrogen-bond acceptors (Lipinski definition) is 1. The Morgan fingerprint density at radius 2 is 1.81 bits per heavy atom. The molecule has 3 aromatic rings.